The molecule has 0 fully saturated rings. The highest BCUT2D eigenvalue weighted by Gasteiger charge is 2.33. The second-order valence-corrected chi connectivity index (χ2v) is 9.83. The second kappa shape index (κ2) is 14.2. The first kappa shape index (κ1) is 30.1. The number of carbonyl (C=O) groups is 2. The van der Waals surface area contributed by atoms with Gasteiger partial charge in [-0.2, -0.15) is 0 Å². The number of ether oxygens (including phenoxy) is 2. The number of nitrogens with one attached hydrogen (secondary N) is 1. The van der Waals surface area contributed by atoms with E-state index in [0.29, 0.717) is 25.1 Å². The lowest BCUT2D eigenvalue weighted by Gasteiger charge is -2.38. The summed E-state index contributed by atoms with van der Waals surface area (Å²) < 4.78 is 27.1. The number of fused-ring (bicyclic) bond motifs is 1. The minimum absolute atomic E-state index is 0.0192. The number of hydrogen-bond donors (Lipinski definition) is 1. The van der Waals surface area contributed by atoms with Crippen molar-refractivity contribution >= 4 is 11.8 Å². The number of rotatable bonds is 14. The fourth-order valence-electron chi connectivity index (χ4n) is 4.51. The molecular weight excluding hydrogens is 539 g/mol. The maximum absolute atomic E-state index is 13.9. The second-order valence-electron chi connectivity index (χ2n) is 9.83. The lowest BCUT2D eigenvalue weighted by Crippen LogP contribution is -2.53. The smallest absolute Gasteiger partial charge is 0.277 e. The molecule has 0 spiro atoms. The topological polar surface area (TPSA) is 93.1 Å². The summed E-state index contributed by atoms with van der Waals surface area (Å²) in [6.45, 7) is 8.53. The van der Waals surface area contributed by atoms with E-state index in [1.54, 1.807) is 17.8 Å². The number of carbonyl (C=O) groups excluding carboxylic acids is 2. The fourth-order valence-corrected chi connectivity index (χ4v) is 4.51. The Bertz CT molecular complexity index is 1500. The Labute approximate surface area is 244 Å². The molecule has 1 aliphatic rings. The number of aromatic nitrogens is 1. The third-order valence-electron chi connectivity index (χ3n) is 6.72. The Morgan fingerprint density at radius 3 is 2.57 bits per heavy atom. The molecule has 4 rings (SSSR count). The zero-order valence-corrected chi connectivity index (χ0v) is 23.7. The Morgan fingerprint density at radius 2 is 1.83 bits per heavy atom. The van der Waals surface area contributed by atoms with Crippen molar-refractivity contribution in [1.29, 1.82) is 0 Å². The zero-order valence-electron chi connectivity index (χ0n) is 23.7. The molecule has 2 heterocycles. The summed E-state index contributed by atoms with van der Waals surface area (Å²) in [5, 5.41) is 4.62. The summed E-state index contributed by atoms with van der Waals surface area (Å²) in [5.41, 5.74) is 0.492. The zero-order chi connectivity index (χ0) is 30.1. The van der Waals surface area contributed by atoms with Crippen LogP contribution in [0.2, 0.25) is 0 Å². The third kappa shape index (κ3) is 7.06. The van der Waals surface area contributed by atoms with E-state index in [4.69, 9.17) is 9.47 Å². The van der Waals surface area contributed by atoms with Crippen LogP contribution in [0.5, 0.6) is 11.5 Å². The van der Waals surface area contributed by atoms with Crippen molar-refractivity contribution in [3.63, 3.8) is 0 Å². The van der Waals surface area contributed by atoms with Gasteiger partial charge in [0.1, 0.15) is 30.4 Å². The molecule has 1 aromatic heterocycles. The maximum Gasteiger partial charge on any atom is 0.277 e. The number of allylic oxidation sites excluding steroid dienone is 1. The minimum atomic E-state index is -0.703. The molecule has 0 saturated carbocycles. The molecule has 10 heteroatoms. The van der Waals surface area contributed by atoms with Crippen LogP contribution in [0.1, 0.15) is 51.2 Å². The van der Waals surface area contributed by atoms with E-state index in [0.717, 1.165) is 18.4 Å². The van der Waals surface area contributed by atoms with Crippen LogP contribution in [0.15, 0.2) is 84.8 Å². The summed E-state index contributed by atoms with van der Waals surface area (Å²) in [7, 11) is 1.65. The molecule has 0 atom stereocenters. The first-order chi connectivity index (χ1) is 20.3. The molecule has 0 aliphatic carbocycles. The van der Waals surface area contributed by atoms with Crippen molar-refractivity contribution < 1.29 is 23.5 Å². The first-order valence-corrected chi connectivity index (χ1v) is 13.7. The SMILES string of the molecule is C=CCCCN1CN(C)C(=O)c2c(OCc3ccccc3)c(=O)c(C(=O)NCc3ccc(F)cc3OCCC=C)cn21. The molecule has 3 aromatic rings. The van der Waals surface area contributed by atoms with Crippen LogP contribution < -0.4 is 25.2 Å². The maximum atomic E-state index is 13.9. The van der Waals surface area contributed by atoms with Crippen molar-refractivity contribution in [3.05, 3.63) is 118 Å². The number of nitrogens with zero attached hydrogens (tertiary/aromatic N) is 3. The monoisotopic (exact) mass is 574 g/mol. The number of amides is 2. The van der Waals surface area contributed by atoms with E-state index < -0.39 is 23.1 Å². The Balaban J connectivity index is 1.69. The average molecular weight is 575 g/mol. The van der Waals surface area contributed by atoms with E-state index in [9.17, 15) is 18.8 Å². The number of unbranched alkanes of at least 4 members (excludes halogenated alkanes) is 1. The molecule has 42 heavy (non-hydrogen) atoms. The van der Waals surface area contributed by atoms with E-state index in [1.165, 1.54) is 29.3 Å². The number of benzene rings is 2. The van der Waals surface area contributed by atoms with Gasteiger partial charge in [-0.05, 0) is 30.9 Å². The standard InChI is InChI=1S/C32H35FN4O5/c1-4-6-11-16-36-22-35(3)32(40)28-30(42-21-23-12-9-8-10-13-23)29(38)26(20-37(28)36)31(39)34-19-24-14-15-25(33)18-27(24)41-17-7-5-2/h4-5,8-10,12-15,18,20H,1-2,6-7,11,16-17,19,21-22H2,3H3,(H,34,39). The summed E-state index contributed by atoms with van der Waals surface area (Å²) in [5.74, 6) is -1.45. The molecule has 220 valence electrons. The Hall–Kier alpha value is -4.86. The van der Waals surface area contributed by atoms with E-state index in [-0.39, 0.29) is 42.6 Å². The predicted molar refractivity (Wildman–Crippen MR) is 159 cm³/mol. The lowest BCUT2D eigenvalue weighted by atomic mass is 10.1. The predicted octanol–water partition coefficient (Wildman–Crippen LogP) is 4.40. The molecule has 0 bridgehead atoms. The Morgan fingerprint density at radius 1 is 1.07 bits per heavy atom. The fraction of sp³-hybridized carbons (Fsp3) is 0.281. The molecular formula is C32H35FN4O5. The van der Waals surface area contributed by atoms with Gasteiger partial charge in [-0.15, -0.1) is 13.2 Å². The van der Waals surface area contributed by atoms with Crippen LogP contribution in [0, 0.1) is 5.82 Å². The van der Waals surface area contributed by atoms with Gasteiger partial charge in [0.2, 0.25) is 5.43 Å². The van der Waals surface area contributed by atoms with Crippen molar-refractivity contribution in [2.24, 2.45) is 0 Å². The first-order valence-electron chi connectivity index (χ1n) is 13.7. The van der Waals surface area contributed by atoms with E-state index >= 15 is 0 Å². The normalized spacial score (nSPS) is 12.5. The van der Waals surface area contributed by atoms with Gasteiger partial charge >= 0.3 is 0 Å². The van der Waals surface area contributed by atoms with Crippen LogP contribution >= 0.6 is 0 Å². The summed E-state index contributed by atoms with van der Waals surface area (Å²) in [6.07, 6.45) is 6.94. The van der Waals surface area contributed by atoms with Crippen molar-refractivity contribution in [2.45, 2.75) is 32.4 Å². The van der Waals surface area contributed by atoms with Gasteiger partial charge < -0.3 is 19.7 Å². The molecule has 9 nitrogen and oxygen atoms in total. The van der Waals surface area contributed by atoms with Crippen molar-refractivity contribution in [3.8, 4) is 11.5 Å². The Kier molecular flexibility index (Phi) is 10.1. The number of pyridine rings is 1. The highest BCUT2D eigenvalue weighted by molar-refractivity contribution is 5.99. The van der Waals surface area contributed by atoms with E-state index in [1.807, 2.05) is 41.4 Å². The van der Waals surface area contributed by atoms with Crippen molar-refractivity contribution in [2.75, 3.05) is 31.9 Å². The molecule has 0 unspecified atom stereocenters. The van der Waals surface area contributed by atoms with Crippen LogP contribution in [0.25, 0.3) is 0 Å². The number of halogens is 1. The average Bonchev–Trinajstić information content (AvgIpc) is 2.99. The molecule has 0 saturated heterocycles. The van der Waals surface area contributed by atoms with Gasteiger partial charge in [0.25, 0.3) is 11.8 Å². The van der Waals surface area contributed by atoms with Gasteiger partial charge in [0.05, 0.1) is 6.61 Å². The summed E-state index contributed by atoms with van der Waals surface area (Å²) >= 11 is 0. The summed E-state index contributed by atoms with van der Waals surface area (Å²) in [6, 6.07) is 13.3. The highest BCUT2D eigenvalue weighted by atomic mass is 19.1. The van der Waals surface area contributed by atoms with Gasteiger partial charge in [-0.3, -0.25) is 24.1 Å². The van der Waals surface area contributed by atoms with E-state index in [2.05, 4.69) is 18.5 Å². The summed E-state index contributed by atoms with van der Waals surface area (Å²) in [4.78, 5) is 42.0. The third-order valence-corrected chi connectivity index (χ3v) is 6.72. The molecule has 2 amide bonds. The molecule has 2 aromatic carbocycles. The van der Waals surface area contributed by atoms with Crippen LogP contribution in [-0.4, -0.2) is 48.3 Å². The van der Waals surface area contributed by atoms with Crippen LogP contribution in [0.3, 0.4) is 0 Å². The van der Waals surface area contributed by atoms with Gasteiger partial charge in [0, 0.05) is 38.0 Å². The highest BCUT2D eigenvalue weighted by Crippen LogP contribution is 2.24. The van der Waals surface area contributed by atoms with Gasteiger partial charge in [0.15, 0.2) is 11.4 Å². The van der Waals surface area contributed by atoms with Crippen LogP contribution in [-0.2, 0) is 13.2 Å². The van der Waals surface area contributed by atoms with Crippen molar-refractivity contribution in [1.82, 2.24) is 14.9 Å². The largest absolute Gasteiger partial charge is 0.493 e. The van der Waals surface area contributed by atoms with Gasteiger partial charge in [-0.1, -0.05) is 48.6 Å². The van der Waals surface area contributed by atoms with Crippen LogP contribution in [0.4, 0.5) is 4.39 Å². The molecule has 1 N–H and O–H groups in total. The number of hydrogen-bond acceptors (Lipinski definition) is 6. The lowest BCUT2D eigenvalue weighted by molar-refractivity contribution is 0.0727. The quantitative estimate of drug-likeness (QED) is 0.227. The molecule has 0 radical (unpaired) electrons. The molecule has 1 aliphatic heterocycles. The minimum Gasteiger partial charge on any atom is -0.493 e. The van der Waals surface area contributed by atoms with Gasteiger partial charge in [-0.25, -0.2) is 4.39 Å².